The molecule has 1 heterocycles. The zero-order valence-electron chi connectivity index (χ0n) is 10.4. The fourth-order valence-corrected chi connectivity index (χ4v) is 2.13. The number of alkyl halides is 1. The average molecular weight is 385 g/mol. The van der Waals surface area contributed by atoms with Crippen LogP contribution in [0, 0.1) is 0 Å². The maximum atomic E-state index is 11.6. The van der Waals surface area contributed by atoms with Crippen LogP contribution >= 0.6 is 15.9 Å². The zero-order valence-corrected chi connectivity index (χ0v) is 13.6. The highest BCUT2D eigenvalue weighted by molar-refractivity contribution is 9.09. The first-order valence-corrected chi connectivity index (χ1v) is 7.04. The van der Waals surface area contributed by atoms with Gasteiger partial charge in [-0.15, -0.1) is 0 Å². The Morgan fingerprint density at radius 2 is 1.84 bits per heavy atom. The molecular weight excluding hydrogens is 370 g/mol. The van der Waals surface area contributed by atoms with Gasteiger partial charge in [0.1, 0.15) is 0 Å². The van der Waals surface area contributed by atoms with Crippen LogP contribution in [-0.4, -0.2) is 11.1 Å². The van der Waals surface area contributed by atoms with Crippen molar-refractivity contribution in [2.24, 2.45) is 0 Å². The fraction of sp³-hybridized carbons (Fsp3) is 0.200. The van der Waals surface area contributed by atoms with Crippen molar-refractivity contribution >= 4 is 21.7 Å². The van der Waals surface area contributed by atoms with Crippen molar-refractivity contribution in [1.29, 1.82) is 0 Å². The van der Waals surface area contributed by atoms with E-state index in [4.69, 9.17) is 0 Å². The predicted octanol–water partition coefficient (Wildman–Crippen LogP) is -0.202. The smallest absolute Gasteiger partial charge is 0.179 e. The van der Waals surface area contributed by atoms with E-state index in [0.29, 0.717) is 5.33 Å². The molecule has 2 aromatic rings. The minimum absolute atomic E-state index is 0. The second kappa shape index (κ2) is 8.23. The summed E-state index contributed by atoms with van der Waals surface area (Å²) in [7, 11) is 0. The van der Waals surface area contributed by atoms with E-state index >= 15 is 0 Å². The number of hydrogen-bond acceptors (Lipinski definition) is 1. The van der Waals surface area contributed by atoms with E-state index in [1.54, 1.807) is 0 Å². The Morgan fingerprint density at radius 1 is 1.11 bits per heavy atom. The van der Waals surface area contributed by atoms with Gasteiger partial charge in [0.25, 0.3) is 0 Å². The number of halogens is 2. The zero-order chi connectivity index (χ0) is 12.8. The minimum Gasteiger partial charge on any atom is -1.00 e. The number of aryl methyl sites for hydroxylation is 2. The summed E-state index contributed by atoms with van der Waals surface area (Å²) in [6.45, 7) is 0.882. The van der Waals surface area contributed by atoms with Crippen LogP contribution in [0.25, 0.3) is 0 Å². The number of pyridine rings is 1. The molecule has 100 valence electrons. The summed E-state index contributed by atoms with van der Waals surface area (Å²) in [4.78, 5) is 11.6. The number of rotatable bonds is 5. The highest BCUT2D eigenvalue weighted by Gasteiger charge is 2.09. The summed E-state index contributed by atoms with van der Waals surface area (Å²) in [5, 5.41) is 0.371. The summed E-state index contributed by atoms with van der Waals surface area (Å²) in [5.41, 5.74) is 2.06. The molecule has 2 nitrogen and oxygen atoms in total. The molecule has 0 aliphatic heterocycles. The van der Waals surface area contributed by atoms with Gasteiger partial charge in [0, 0.05) is 12.5 Å². The van der Waals surface area contributed by atoms with Gasteiger partial charge in [-0.3, -0.25) is 4.79 Å². The number of nitrogens with zero attached hydrogens (tertiary/aromatic N) is 1. The molecule has 2 rings (SSSR count). The Bertz CT molecular complexity index is 529. The lowest BCUT2D eigenvalue weighted by Gasteiger charge is -2.00. The van der Waals surface area contributed by atoms with Crippen molar-refractivity contribution in [3.63, 3.8) is 0 Å². The van der Waals surface area contributed by atoms with Crippen LogP contribution in [-0.2, 0) is 13.0 Å². The molecular formula is C15H15Br2NO. The van der Waals surface area contributed by atoms with Gasteiger partial charge in [0.15, 0.2) is 24.7 Å². The van der Waals surface area contributed by atoms with Gasteiger partial charge in [-0.25, -0.2) is 4.57 Å². The summed E-state index contributed by atoms with van der Waals surface area (Å²) in [6, 6.07) is 14.1. The van der Waals surface area contributed by atoms with E-state index in [0.717, 1.165) is 18.5 Å². The molecule has 0 N–H and O–H groups in total. The number of ketones is 1. The fourth-order valence-electron chi connectivity index (χ4n) is 1.81. The molecule has 0 atom stereocenters. The second-order valence-electron chi connectivity index (χ2n) is 4.12. The number of carbonyl (C=O) groups excluding carboxylic acids is 1. The lowest BCUT2D eigenvalue weighted by molar-refractivity contribution is -0.696. The van der Waals surface area contributed by atoms with Gasteiger partial charge >= 0.3 is 0 Å². The van der Waals surface area contributed by atoms with E-state index in [9.17, 15) is 4.79 Å². The van der Waals surface area contributed by atoms with Crippen LogP contribution < -0.4 is 21.5 Å². The van der Waals surface area contributed by atoms with Crippen molar-refractivity contribution in [1.82, 2.24) is 0 Å². The molecule has 0 saturated carbocycles. The maximum Gasteiger partial charge on any atom is 0.179 e. The van der Waals surface area contributed by atoms with E-state index < -0.39 is 0 Å². The summed E-state index contributed by atoms with van der Waals surface area (Å²) < 4.78 is 2.06. The standard InChI is InChI=1S/C15H15BrNO.BrH/c16-11-15(18)14-7-4-9-17(12-14)10-8-13-5-2-1-3-6-13;/h1-7,9,12H,8,10-11H2;1H/q+1;/p-1. The molecule has 0 spiro atoms. The number of Topliss-reactive ketones (excluding diaryl/α,β-unsaturated/α-hetero) is 1. The molecule has 4 heteroatoms. The van der Waals surface area contributed by atoms with Crippen LogP contribution in [0.2, 0.25) is 0 Å². The first kappa shape index (κ1) is 16.1. The topological polar surface area (TPSA) is 20.9 Å². The number of hydrogen-bond donors (Lipinski definition) is 0. The van der Waals surface area contributed by atoms with Crippen LogP contribution in [0.3, 0.4) is 0 Å². The summed E-state index contributed by atoms with van der Waals surface area (Å²) in [6.07, 6.45) is 4.87. The molecule has 0 aliphatic carbocycles. The third kappa shape index (κ3) is 4.88. The van der Waals surface area contributed by atoms with Crippen molar-refractivity contribution in [3.8, 4) is 0 Å². The maximum absolute atomic E-state index is 11.6. The second-order valence-corrected chi connectivity index (χ2v) is 4.68. The Kier molecular flexibility index (Phi) is 6.95. The van der Waals surface area contributed by atoms with Gasteiger partial charge < -0.3 is 17.0 Å². The Morgan fingerprint density at radius 3 is 2.53 bits per heavy atom. The SMILES string of the molecule is O=C(CBr)c1ccc[n+](CCc2ccccc2)c1.[Br-]. The van der Waals surface area contributed by atoms with Crippen LogP contribution in [0.1, 0.15) is 15.9 Å². The highest BCUT2D eigenvalue weighted by atomic mass is 79.9. The van der Waals surface area contributed by atoms with Crippen LogP contribution in [0.15, 0.2) is 54.9 Å². The van der Waals surface area contributed by atoms with Gasteiger partial charge in [0.05, 0.1) is 10.9 Å². The molecule has 0 fully saturated rings. The Balaban J connectivity index is 0.00000180. The number of benzene rings is 1. The van der Waals surface area contributed by atoms with E-state index in [1.165, 1.54) is 5.56 Å². The minimum atomic E-state index is 0. The van der Waals surface area contributed by atoms with E-state index in [1.807, 2.05) is 42.7 Å². The molecule has 1 aromatic heterocycles. The first-order valence-electron chi connectivity index (χ1n) is 5.92. The van der Waals surface area contributed by atoms with Gasteiger partial charge in [0.2, 0.25) is 0 Å². The van der Waals surface area contributed by atoms with Crippen LogP contribution in [0.4, 0.5) is 0 Å². The summed E-state index contributed by atoms with van der Waals surface area (Å²) in [5.74, 6) is 0.115. The lowest BCUT2D eigenvalue weighted by Crippen LogP contribution is -3.00. The van der Waals surface area contributed by atoms with E-state index in [-0.39, 0.29) is 22.8 Å². The van der Waals surface area contributed by atoms with Gasteiger partial charge in [-0.05, 0) is 11.6 Å². The average Bonchev–Trinajstić information content (AvgIpc) is 2.45. The molecule has 0 bridgehead atoms. The lowest BCUT2D eigenvalue weighted by atomic mass is 10.1. The molecule has 1 aromatic carbocycles. The molecule has 0 radical (unpaired) electrons. The van der Waals surface area contributed by atoms with Gasteiger partial charge in [-0.2, -0.15) is 0 Å². The number of aromatic nitrogens is 1. The van der Waals surface area contributed by atoms with Crippen molar-refractivity contribution in [2.75, 3.05) is 5.33 Å². The first-order chi connectivity index (χ1) is 8.79. The molecule has 0 saturated heterocycles. The largest absolute Gasteiger partial charge is 1.00 e. The van der Waals surface area contributed by atoms with Crippen LogP contribution in [0.5, 0.6) is 0 Å². The molecule has 19 heavy (non-hydrogen) atoms. The predicted molar refractivity (Wildman–Crippen MR) is 74.9 cm³/mol. The molecule has 0 unspecified atom stereocenters. The monoisotopic (exact) mass is 383 g/mol. The Labute approximate surface area is 132 Å². The summed E-state index contributed by atoms with van der Waals surface area (Å²) >= 11 is 3.19. The van der Waals surface area contributed by atoms with E-state index in [2.05, 4.69) is 32.6 Å². The highest BCUT2D eigenvalue weighted by Crippen LogP contribution is 2.01. The Hall–Kier alpha value is -1.00. The van der Waals surface area contributed by atoms with Gasteiger partial charge in [-0.1, -0.05) is 46.3 Å². The van der Waals surface area contributed by atoms with Crippen molar-refractivity contribution in [2.45, 2.75) is 13.0 Å². The third-order valence-electron chi connectivity index (χ3n) is 2.80. The third-order valence-corrected chi connectivity index (χ3v) is 3.31. The van der Waals surface area contributed by atoms with Crippen molar-refractivity contribution in [3.05, 3.63) is 66.0 Å². The normalized spacial score (nSPS) is 9.74. The molecule has 0 amide bonds. The number of carbonyl (C=O) groups is 1. The molecule has 0 aliphatic rings. The quantitative estimate of drug-likeness (QED) is 0.397. The van der Waals surface area contributed by atoms with Crippen molar-refractivity contribution < 1.29 is 26.3 Å².